The van der Waals surface area contributed by atoms with Gasteiger partial charge in [0.05, 0.1) is 6.07 Å². The Hall–Kier alpha value is -3.51. The number of carboxylic acids is 1. The first kappa shape index (κ1) is 29.5. The zero-order valence-electron chi connectivity index (χ0n) is 19.5. The van der Waals surface area contributed by atoms with Crippen LogP contribution in [0.2, 0.25) is 0 Å². The van der Waals surface area contributed by atoms with Crippen molar-refractivity contribution in [1.29, 1.82) is 5.26 Å². The fourth-order valence-corrected chi connectivity index (χ4v) is 3.40. The molecule has 0 amide bonds. The minimum atomic E-state index is -1.42. The summed E-state index contributed by atoms with van der Waals surface area (Å²) in [6.07, 6.45) is -6.87. The van der Waals surface area contributed by atoms with E-state index in [2.05, 4.69) is 10.6 Å². The van der Waals surface area contributed by atoms with E-state index in [0.717, 1.165) is 27.7 Å². The Morgan fingerprint density at radius 2 is 1.51 bits per heavy atom. The molecule has 0 saturated carbocycles. The van der Waals surface area contributed by atoms with Crippen LogP contribution in [0.25, 0.3) is 0 Å². The van der Waals surface area contributed by atoms with Crippen molar-refractivity contribution in [3.63, 3.8) is 0 Å². The molecule has 1 saturated heterocycles. The number of esters is 4. The summed E-state index contributed by atoms with van der Waals surface area (Å²) in [4.78, 5) is 58.1. The number of nitrogens with zero attached hydrogens (tertiary/aromatic N) is 1. The van der Waals surface area contributed by atoms with Gasteiger partial charge in [0.2, 0.25) is 0 Å². The van der Waals surface area contributed by atoms with Crippen molar-refractivity contribution in [3.05, 3.63) is 0 Å². The van der Waals surface area contributed by atoms with Gasteiger partial charge in [-0.1, -0.05) is 0 Å². The lowest BCUT2D eigenvalue weighted by atomic mass is 9.97. The molecule has 0 aromatic heterocycles. The lowest BCUT2D eigenvalue weighted by molar-refractivity contribution is -0.254. The van der Waals surface area contributed by atoms with Gasteiger partial charge in [0.1, 0.15) is 18.8 Å². The molecule has 3 N–H and O–H groups in total. The monoisotopic (exact) mass is 517 g/mol. The second kappa shape index (κ2) is 14.0. The van der Waals surface area contributed by atoms with Crippen LogP contribution in [-0.2, 0) is 47.7 Å². The van der Waals surface area contributed by atoms with E-state index in [1.54, 1.807) is 0 Å². The van der Waals surface area contributed by atoms with Crippen molar-refractivity contribution in [2.75, 3.05) is 6.61 Å². The number of hydrogen-bond donors (Lipinski definition) is 3. The minimum absolute atomic E-state index is 0.0633. The fraction of sp³-hybridized carbons (Fsp3) is 0.650. The first-order valence-corrected chi connectivity index (χ1v) is 10.7. The molecule has 6 atom stereocenters. The molecule has 15 heteroatoms. The molecule has 0 radical (unpaired) electrons. The van der Waals surface area contributed by atoms with E-state index in [1.807, 2.05) is 6.07 Å². The molecule has 0 bridgehead atoms. The number of hydrogen-bond acceptors (Lipinski definition) is 12. The van der Waals surface area contributed by atoms with Crippen molar-refractivity contribution in [3.8, 4) is 6.07 Å². The van der Waals surface area contributed by atoms with Gasteiger partial charge in [-0.25, -0.2) is 4.79 Å². The second-order valence-electron chi connectivity index (χ2n) is 7.33. The highest BCUT2D eigenvalue weighted by molar-refractivity contribution is 7.80. The van der Waals surface area contributed by atoms with Gasteiger partial charge in [0, 0.05) is 34.1 Å². The SMILES string of the molecule is CC(=O)OC[C@H]1O[C@@H](NC(=S)N[C@@H](CCC#N)C(=O)O)[C@H](OC(C)=O)[C@@H](OC(C)=O)[C@@H]1OC(C)=O. The van der Waals surface area contributed by atoms with E-state index in [0.29, 0.717) is 0 Å². The summed E-state index contributed by atoms with van der Waals surface area (Å²) < 4.78 is 26.6. The molecule has 1 aliphatic rings. The lowest BCUT2D eigenvalue weighted by Crippen LogP contribution is -2.67. The molecule has 0 aromatic carbocycles. The van der Waals surface area contributed by atoms with E-state index in [-0.39, 0.29) is 18.0 Å². The van der Waals surface area contributed by atoms with Crippen molar-refractivity contribution >= 4 is 47.2 Å². The predicted molar refractivity (Wildman–Crippen MR) is 117 cm³/mol. The van der Waals surface area contributed by atoms with E-state index < -0.39 is 73.1 Å². The van der Waals surface area contributed by atoms with Gasteiger partial charge in [-0.15, -0.1) is 0 Å². The number of rotatable bonds is 10. The molecule has 0 aliphatic carbocycles. The largest absolute Gasteiger partial charge is 0.480 e. The molecule has 1 rings (SSSR count). The Labute approximate surface area is 206 Å². The van der Waals surface area contributed by atoms with E-state index in [1.165, 1.54) is 0 Å². The molecule has 14 nitrogen and oxygen atoms in total. The van der Waals surface area contributed by atoms with Crippen molar-refractivity contribution in [1.82, 2.24) is 10.6 Å². The third kappa shape index (κ3) is 10.1. The summed E-state index contributed by atoms with van der Waals surface area (Å²) >= 11 is 5.15. The van der Waals surface area contributed by atoms with Gasteiger partial charge in [0.15, 0.2) is 29.7 Å². The molecule has 0 aromatic rings. The summed E-state index contributed by atoms with van der Waals surface area (Å²) in [5.41, 5.74) is 0. The number of thiocarbonyl (C=S) groups is 1. The van der Waals surface area contributed by atoms with Crippen LogP contribution in [0.5, 0.6) is 0 Å². The van der Waals surface area contributed by atoms with Gasteiger partial charge in [-0.3, -0.25) is 19.2 Å². The van der Waals surface area contributed by atoms with Crippen LogP contribution in [0, 0.1) is 11.3 Å². The van der Waals surface area contributed by atoms with Crippen LogP contribution in [0.3, 0.4) is 0 Å². The summed E-state index contributed by atoms with van der Waals surface area (Å²) in [6.45, 7) is 3.94. The van der Waals surface area contributed by atoms with Crippen LogP contribution in [-0.4, -0.2) is 83.4 Å². The first-order chi connectivity index (χ1) is 16.3. The minimum Gasteiger partial charge on any atom is -0.480 e. The van der Waals surface area contributed by atoms with Gasteiger partial charge < -0.3 is 39.4 Å². The van der Waals surface area contributed by atoms with Crippen LogP contribution >= 0.6 is 12.2 Å². The first-order valence-electron chi connectivity index (χ1n) is 10.3. The number of carbonyl (C=O) groups excluding carboxylic acids is 4. The highest BCUT2D eigenvalue weighted by Gasteiger charge is 2.52. The zero-order valence-corrected chi connectivity index (χ0v) is 20.3. The van der Waals surface area contributed by atoms with Gasteiger partial charge in [-0.05, 0) is 18.6 Å². The standard InChI is InChI=1S/C20H27N3O11S/c1-9(24)30-8-14-15(31-10(2)25)16(32-11(3)26)17(33-12(4)27)18(34-14)23-20(35)22-13(19(28)29)6-5-7-21/h13-18H,5-6,8H2,1-4H3,(H,28,29)(H2,22,23,35)/t13-,14+,15+,16-,17+,18+/m0/s1. The van der Waals surface area contributed by atoms with Crippen LogP contribution in [0.4, 0.5) is 0 Å². The molecular weight excluding hydrogens is 490 g/mol. The predicted octanol–water partition coefficient (Wildman–Crippen LogP) is -0.709. The molecule has 0 unspecified atom stereocenters. The third-order valence-corrected chi connectivity index (χ3v) is 4.65. The van der Waals surface area contributed by atoms with E-state index in [9.17, 15) is 29.1 Å². The number of nitriles is 1. The Morgan fingerprint density at radius 3 is 2.00 bits per heavy atom. The quantitative estimate of drug-likeness (QED) is 0.186. The number of aliphatic carboxylic acids is 1. The number of carbonyl (C=O) groups is 5. The van der Waals surface area contributed by atoms with Crippen molar-refractivity contribution in [2.24, 2.45) is 0 Å². The lowest BCUT2D eigenvalue weighted by Gasteiger charge is -2.44. The Balaban J connectivity index is 3.30. The van der Waals surface area contributed by atoms with Gasteiger partial charge >= 0.3 is 29.8 Å². The van der Waals surface area contributed by atoms with E-state index in [4.69, 9.17) is 41.2 Å². The maximum absolute atomic E-state index is 11.8. The topological polar surface area (TPSA) is 200 Å². The number of carboxylic acid groups (broad SMARTS) is 1. The summed E-state index contributed by atoms with van der Waals surface area (Å²) in [7, 11) is 0. The van der Waals surface area contributed by atoms with Crippen LogP contribution in [0.1, 0.15) is 40.5 Å². The van der Waals surface area contributed by atoms with Crippen LogP contribution < -0.4 is 10.6 Å². The van der Waals surface area contributed by atoms with Crippen molar-refractivity contribution in [2.45, 2.75) is 77.2 Å². The number of nitrogens with one attached hydrogen (secondary N) is 2. The highest BCUT2D eigenvalue weighted by atomic mass is 32.1. The number of ether oxygens (including phenoxy) is 5. The molecule has 1 aliphatic heterocycles. The molecule has 1 heterocycles. The van der Waals surface area contributed by atoms with E-state index >= 15 is 0 Å². The second-order valence-corrected chi connectivity index (χ2v) is 7.73. The normalized spacial score (nSPS) is 24.0. The Kier molecular flexibility index (Phi) is 11.8. The smallest absolute Gasteiger partial charge is 0.326 e. The third-order valence-electron chi connectivity index (χ3n) is 4.41. The fourth-order valence-electron chi connectivity index (χ4n) is 3.14. The molecule has 194 valence electrons. The summed E-state index contributed by atoms with van der Waals surface area (Å²) in [5.74, 6) is -4.34. The Bertz CT molecular complexity index is 875. The van der Waals surface area contributed by atoms with Crippen molar-refractivity contribution < 1.29 is 52.8 Å². The van der Waals surface area contributed by atoms with Gasteiger partial charge in [0.25, 0.3) is 0 Å². The molecule has 35 heavy (non-hydrogen) atoms. The van der Waals surface area contributed by atoms with Gasteiger partial charge in [-0.2, -0.15) is 5.26 Å². The Morgan fingerprint density at radius 1 is 0.971 bits per heavy atom. The average molecular weight is 518 g/mol. The molecular formula is C20H27N3O11S. The maximum atomic E-state index is 11.8. The maximum Gasteiger partial charge on any atom is 0.326 e. The summed E-state index contributed by atoms with van der Waals surface area (Å²) in [6, 6.07) is 0.607. The molecule has 1 fully saturated rings. The molecule has 0 spiro atoms. The zero-order chi connectivity index (χ0) is 26.7. The average Bonchev–Trinajstić information content (AvgIpc) is 2.72. The van der Waals surface area contributed by atoms with Crippen LogP contribution in [0.15, 0.2) is 0 Å². The highest BCUT2D eigenvalue weighted by Crippen LogP contribution is 2.28. The summed E-state index contributed by atoms with van der Waals surface area (Å²) in [5, 5.41) is 22.9.